The first-order valence-corrected chi connectivity index (χ1v) is 2.67. The molecule has 0 atom stereocenters. The third kappa shape index (κ3) is 5.74. The smallest absolute Gasteiger partial charge is 0.0316 e. The van der Waals surface area contributed by atoms with E-state index in [-0.39, 0.29) is 0 Å². The second kappa shape index (κ2) is 5.74. The van der Waals surface area contributed by atoms with Crippen molar-refractivity contribution in [3.05, 3.63) is 25.5 Å². The van der Waals surface area contributed by atoms with Crippen LogP contribution >= 0.6 is 0 Å². The SMILES string of the molecule is [CH2]/C=C/C[CH]CC. The topological polar surface area (TPSA) is 0 Å². The van der Waals surface area contributed by atoms with E-state index in [1.807, 2.05) is 12.2 Å². The van der Waals surface area contributed by atoms with E-state index in [0.29, 0.717) is 0 Å². The highest BCUT2D eigenvalue weighted by atomic mass is 13.8. The molecule has 0 spiro atoms. The maximum atomic E-state index is 3.56. The van der Waals surface area contributed by atoms with Gasteiger partial charge in [0.15, 0.2) is 0 Å². The van der Waals surface area contributed by atoms with Crippen LogP contribution in [0.1, 0.15) is 19.8 Å². The van der Waals surface area contributed by atoms with Gasteiger partial charge in [0, 0.05) is 0 Å². The van der Waals surface area contributed by atoms with Crippen LogP contribution in [0.15, 0.2) is 12.2 Å². The first kappa shape index (κ1) is 6.74. The standard InChI is InChI=1S/C7H12/c1-3-5-7-6-4-2/h3,5-6H,1,4,7H2,2H3/b5-3+. The fourth-order valence-corrected chi connectivity index (χ4v) is 0.359. The summed E-state index contributed by atoms with van der Waals surface area (Å²) < 4.78 is 0. The fourth-order valence-electron chi connectivity index (χ4n) is 0.359. The zero-order chi connectivity index (χ0) is 5.54. The summed E-state index contributed by atoms with van der Waals surface area (Å²) in [5.74, 6) is 0. The van der Waals surface area contributed by atoms with Gasteiger partial charge in [-0.15, -0.1) is 0 Å². The summed E-state index contributed by atoms with van der Waals surface area (Å²) in [5, 5.41) is 0. The van der Waals surface area contributed by atoms with Crippen LogP contribution in [-0.4, -0.2) is 0 Å². The van der Waals surface area contributed by atoms with Crippen LogP contribution in [0.4, 0.5) is 0 Å². The van der Waals surface area contributed by atoms with Crippen molar-refractivity contribution in [2.75, 3.05) is 0 Å². The minimum atomic E-state index is 1.07. The van der Waals surface area contributed by atoms with Gasteiger partial charge in [0.05, 0.1) is 0 Å². The second-order valence-corrected chi connectivity index (χ2v) is 1.40. The number of allylic oxidation sites excluding steroid dienone is 2. The summed E-state index contributed by atoms with van der Waals surface area (Å²) in [6.45, 7) is 5.69. The van der Waals surface area contributed by atoms with Crippen LogP contribution in [0.5, 0.6) is 0 Å². The fraction of sp³-hybridized carbons (Fsp3) is 0.429. The molecule has 0 rings (SSSR count). The highest BCUT2D eigenvalue weighted by Crippen LogP contribution is 1.91. The Bertz CT molecular complexity index is 44.0. The van der Waals surface area contributed by atoms with Crippen LogP contribution < -0.4 is 0 Å². The Balaban J connectivity index is 2.69. The van der Waals surface area contributed by atoms with Crippen molar-refractivity contribution in [2.45, 2.75) is 19.8 Å². The lowest BCUT2D eigenvalue weighted by Crippen LogP contribution is -1.65. The molecule has 0 aliphatic heterocycles. The van der Waals surface area contributed by atoms with E-state index < -0.39 is 0 Å². The molecule has 7 heavy (non-hydrogen) atoms. The molecule has 0 aromatic rings. The molecule has 0 aromatic carbocycles. The monoisotopic (exact) mass is 96.1 g/mol. The van der Waals surface area contributed by atoms with Crippen molar-refractivity contribution >= 4 is 0 Å². The van der Waals surface area contributed by atoms with E-state index >= 15 is 0 Å². The Hall–Kier alpha value is -0.260. The zero-order valence-corrected chi connectivity index (χ0v) is 4.85. The number of hydrogen-bond acceptors (Lipinski definition) is 0. The van der Waals surface area contributed by atoms with Crippen molar-refractivity contribution in [1.82, 2.24) is 0 Å². The molecule has 0 aliphatic carbocycles. The summed E-state index contributed by atoms with van der Waals surface area (Å²) in [7, 11) is 0. The predicted molar refractivity (Wildman–Crippen MR) is 33.7 cm³/mol. The number of rotatable bonds is 3. The Morgan fingerprint density at radius 2 is 2.29 bits per heavy atom. The molecule has 0 nitrogen and oxygen atoms in total. The van der Waals surface area contributed by atoms with Gasteiger partial charge < -0.3 is 0 Å². The van der Waals surface area contributed by atoms with Gasteiger partial charge in [0.2, 0.25) is 0 Å². The molecule has 0 heteroatoms. The molecule has 0 aromatic heterocycles. The highest BCUT2D eigenvalue weighted by Gasteiger charge is 1.73. The van der Waals surface area contributed by atoms with E-state index in [1.54, 1.807) is 0 Å². The highest BCUT2D eigenvalue weighted by molar-refractivity contribution is 4.87. The predicted octanol–water partition coefficient (Wildman–Crippen LogP) is 2.38. The van der Waals surface area contributed by atoms with Crippen molar-refractivity contribution < 1.29 is 0 Å². The van der Waals surface area contributed by atoms with Gasteiger partial charge in [-0.2, -0.15) is 0 Å². The average Bonchev–Trinajstić information content (AvgIpc) is 1.69. The average molecular weight is 96.2 g/mol. The van der Waals surface area contributed by atoms with Gasteiger partial charge in [0.1, 0.15) is 0 Å². The van der Waals surface area contributed by atoms with Crippen LogP contribution in [-0.2, 0) is 0 Å². The van der Waals surface area contributed by atoms with Gasteiger partial charge >= 0.3 is 0 Å². The molecular formula is C7H12. The van der Waals surface area contributed by atoms with E-state index in [9.17, 15) is 0 Å². The van der Waals surface area contributed by atoms with Crippen LogP contribution in [0, 0.1) is 13.3 Å². The molecule has 0 fully saturated rings. The Morgan fingerprint density at radius 3 is 2.71 bits per heavy atom. The molecule has 0 saturated carbocycles. The molecule has 0 aliphatic rings. The van der Waals surface area contributed by atoms with Crippen LogP contribution in [0.3, 0.4) is 0 Å². The van der Waals surface area contributed by atoms with Crippen LogP contribution in [0.2, 0.25) is 0 Å². The first-order chi connectivity index (χ1) is 3.41. The lowest BCUT2D eigenvalue weighted by Gasteiger charge is -1.83. The normalized spacial score (nSPS) is 10.6. The summed E-state index contributed by atoms with van der Waals surface area (Å²) in [6, 6.07) is 0. The summed E-state index contributed by atoms with van der Waals surface area (Å²) in [4.78, 5) is 0. The van der Waals surface area contributed by atoms with Gasteiger partial charge in [-0.1, -0.05) is 25.5 Å². The third-order valence-electron chi connectivity index (χ3n) is 0.758. The molecule has 0 bridgehead atoms. The molecule has 0 heterocycles. The maximum absolute atomic E-state index is 3.56. The molecule has 2 radical (unpaired) electrons. The zero-order valence-electron chi connectivity index (χ0n) is 4.85. The number of hydrogen-bond donors (Lipinski definition) is 0. The lowest BCUT2D eigenvalue weighted by molar-refractivity contribution is 1.03. The third-order valence-corrected chi connectivity index (χ3v) is 0.758. The summed E-state index contributed by atoms with van der Waals surface area (Å²) >= 11 is 0. The minimum absolute atomic E-state index is 1.07. The van der Waals surface area contributed by atoms with Crippen LogP contribution in [0.25, 0.3) is 0 Å². The second-order valence-electron chi connectivity index (χ2n) is 1.40. The molecule has 0 N–H and O–H groups in total. The van der Waals surface area contributed by atoms with Gasteiger partial charge in [-0.05, 0) is 19.8 Å². The Kier molecular flexibility index (Phi) is 5.53. The summed E-state index contributed by atoms with van der Waals surface area (Å²) in [5.41, 5.74) is 0. The molecule has 0 saturated heterocycles. The van der Waals surface area contributed by atoms with Gasteiger partial charge in [-0.25, -0.2) is 0 Å². The molecular weight excluding hydrogens is 84.1 g/mol. The summed E-state index contributed by atoms with van der Waals surface area (Å²) in [6.07, 6.45) is 8.31. The molecule has 0 unspecified atom stereocenters. The molecule has 0 amide bonds. The lowest BCUT2D eigenvalue weighted by atomic mass is 10.2. The maximum Gasteiger partial charge on any atom is -0.0316 e. The van der Waals surface area contributed by atoms with Crippen molar-refractivity contribution in [2.24, 2.45) is 0 Å². The van der Waals surface area contributed by atoms with Gasteiger partial charge in [0.25, 0.3) is 0 Å². The number of unbranched alkanes of at least 4 members (excludes halogenated alkanes) is 2. The largest absolute Gasteiger partial charge is 0.0882 e. The van der Waals surface area contributed by atoms with Gasteiger partial charge in [-0.3, -0.25) is 0 Å². The van der Waals surface area contributed by atoms with Crippen molar-refractivity contribution in [3.63, 3.8) is 0 Å². The Labute approximate surface area is 46.2 Å². The van der Waals surface area contributed by atoms with E-state index in [2.05, 4.69) is 20.3 Å². The van der Waals surface area contributed by atoms with Crippen molar-refractivity contribution in [1.29, 1.82) is 0 Å². The van der Waals surface area contributed by atoms with E-state index in [1.165, 1.54) is 0 Å². The minimum Gasteiger partial charge on any atom is -0.0882 e. The molecule has 40 valence electrons. The van der Waals surface area contributed by atoms with E-state index in [0.717, 1.165) is 12.8 Å². The quantitative estimate of drug-likeness (QED) is 0.473. The Morgan fingerprint density at radius 1 is 1.57 bits per heavy atom. The van der Waals surface area contributed by atoms with E-state index in [4.69, 9.17) is 0 Å². The first-order valence-electron chi connectivity index (χ1n) is 2.67. The van der Waals surface area contributed by atoms with Crippen molar-refractivity contribution in [3.8, 4) is 0 Å².